The third-order valence-corrected chi connectivity index (χ3v) is 3.07. The molecule has 2 heterocycles. The van der Waals surface area contributed by atoms with Crippen LogP contribution in [0.15, 0.2) is 42.9 Å². The van der Waals surface area contributed by atoms with Crippen LogP contribution in [0.5, 0.6) is 0 Å². The standard InChI is InChI=1S/C15H11FN4O/c1-10-3-4-11(7-13(10)16)14-12(9-21)8-20(19-14)15-17-5-2-6-18-15/h2-9H,1H3. The van der Waals surface area contributed by atoms with Crippen molar-refractivity contribution in [1.29, 1.82) is 0 Å². The van der Waals surface area contributed by atoms with E-state index in [4.69, 9.17) is 0 Å². The Morgan fingerprint density at radius 3 is 2.67 bits per heavy atom. The summed E-state index contributed by atoms with van der Waals surface area (Å²) in [4.78, 5) is 19.3. The molecule has 3 aromatic rings. The van der Waals surface area contributed by atoms with E-state index in [0.29, 0.717) is 34.6 Å². The number of hydrogen-bond donors (Lipinski definition) is 0. The second kappa shape index (κ2) is 5.24. The molecule has 0 amide bonds. The zero-order valence-corrected chi connectivity index (χ0v) is 11.2. The van der Waals surface area contributed by atoms with Gasteiger partial charge in [0.15, 0.2) is 6.29 Å². The quantitative estimate of drug-likeness (QED) is 0.693. The van der Waals surface area contributed by atoms with Crippen molar-refractivity contribution < 1.29 is 9.18 Å². The lowest BCUT2D eigenvalue weighted by molar-refractivity contribution is 0.112. The molecule has 0 unspecified atom stereocenters. The summed E-state index contributed by atoms with van der Waals surface area (Å²) in [5.74, 6) is 0.00861. The summed E-state index contributed by atoms with van der Waals surface area (Å²) in [6, 6.07) is 6.42. The Labute approximate surface area is 120 Å². The normalized spacial score (nSPS) is 10.6. The molecule has 104 valence electrons. The van der Waals surface area contributed by atoms with Gasteiger partial charge in [-0.3, -0.25) is 4.79 Å². The Bertz CT molecular complexity index is 799. The van der Waals surface area contributed by atoms with Crippen LogP contribution in [0.25, 0.3) is 17.2 Å². The first-order chi connectivity index (χ1) is 10.2. The van der Waals surface area contributed by atoms with E-state index >= 15 is 0 Å². The van der Waals surface area contributed by atoms with Crippen LogP contribution in [-0.2, 0) is 0 Å². The second-order valence-electron chi connectivity index (χ2n) is 4.51. The van der Waals surface area contributed by atoms with Gasteiger partial charge in [-0.05, 0) is 24.6 Å². The minimum atomic E-state index is -0.338. The van der Waals surface area contributed by atoms with E-state index in [-0.39, 0.29) is 5.82 Å². The lowest BCUT2D eigenvalue weighted by atomic mass is 10.1. The number of nitrogens with zero attached hydrogens (tertiary/aromatic N) is 4. The Kier molecular flexibility index (Phi) is 3.27. The fourth-order valence-corrected chi connectivity index (χ4v) is 1.95. The van der Waals surface area contributed by atoms with Crippen molar-refractivity contribution in [1.82, 2.24) is 19.7 Å². The molecular formula is C15H11FN4O. The van der Waals surface area contributed by atoms with Gasteiger partial charge in [-0.15, -0.1) is 0 Å². The zero-order chi connectivity index (χ0) is 14.8. The van der Waals surface area contributed by atoms with E-state index in [1.54, 1.807) is 37.5 Å². The van der Waals surface area contributed by atoms with Crippen LogP contribution in [-0.4, -0.2) is 26.0 Å². The van der Waals surface area contributed by atoms with Gasteiger partial charge in [0.1, 0.15) is 11.5 Å². The van der Waals surface area contributed by atoms with Crippen molar-refractivity contribution >= 4 is 6.29 Å². The Hall–Kier alpha value is -2.89. The highest BCUT2D eigenvalue weighted by atomic mass is 19.1. The molecule has 0 aliphatic heterocycles. The molecule has 0 atom stereocenters. The molecule has 0 radical (unpaired) electrons. The Morgan fingerprint density at radius 2 is 2.00 bits per heavy atom. The van der Waals surface area contributed by atoms with Crippen LogP contribution < -0.4 is 0 Å². The summed E-state index contributed by atoms with van der Waals surface area (Å²) in [5, 5.41) is 4.29. The molecule has 0 aliphatic rings. The summed E-state index contributed by atoms with van der Waals surface area (Å²) in [6.45, 7) is 1.68. The molecule has 0 saturated carbocycles. The molecule has 0 spiro atoms. The lowest BCUT2D eigenvalue weighted by Crippen LogP contribution is -2.00. The van der Waals surface area contributed by atoms with Gasteiger partial charge in [0, 0.05) is 24.2 Å². The first kappa shape index (κ1) is 13.1. The summed E-state index contributed by atoms with van der Waals surface area (Å²) in [5.41, 5.74) is 1.83. The first-order valence-electron chi connectivity index (χ1n) is 6.28. The summed E-state index contributed by atoms with van der Waals surface area (Å²) < 4.78 is 15.1. The van der Waals surface area contributed by atoms with E-state index in [2.05, 4.69) is 15.1 Å². The summed E-state index contributed by atoms with van der Waals surface area (Å²) in [6.07, 6.45) is 5.36. The highest BCUT2D eigenvalue weighted by Gasteiger charge is 2.13. The molecular weight excluding hydrogens is 271 g/mol. The third-order valence-electron chi connectivity index (χ3n) is 3.07. The van der Waals surface area contributed by atoms with Gasteiger partial charge in [0.05, 0.1) is 5.56 Å². The predicted octanol–water partition coefficient (Wildman–Crippen LogP) is 2.59. The monoisotopic (exact) mass is 282 g/mol. The van der Waals surface area contributed by atoms with Crippen molar-refractivity contribution in [2.45, 2.75) is 6.92 Å². The van der Waals surface area contributed by atoms with Crippen molar-refractivity contribution in [2.24, 2.45) is 0 Å². The SMILES string of the molecule is Cc1ccc(-c2nn(-c3ncccn3)cc2C=O)cc1F. The number of aryl methyl sites for hydroxylation is 1. The highest BCUT2D eigenvalue weighted by Crippen LogP contribution is 2.23. The van der Waals surface area contributed by atoms with Crippen LogP contribution in [0.3, 0.4) is 0 Å². The van der Waals surface area contributed by atoms with Crippen LogP contribution in [0.1, 0.15) is 15.9 Å². The minimum Gasteiger partial charge on any atom is -0.298 e. The maximum atomic E-state index is 13.7. The highest BCUT2D eigenvalue weighted by molar-refractivity contribution is 5.85. The molecule has 2 aromatic heterocycles. The van der Waals surface area contributed by atoms with Crippen molar-refractivity contribution in [2.75, 3.05) is 0 Å². The van der Waals surface area contributed by atoms with Crippen molar-refractivity contribution in [3.63, 3.8) is 0 Å². The number of aromatic nitrogens is 4. The maximum Gasteiger partial charge on any atom is 0.250 e. The number of hydrogen-bond acceptors (Lipinski definition) is 4. The van der Waals surface area contributed by atoms with E-state index < -0.39 is 0 Å². The van der Waals surface area contributed by atoms with Gasteiger partial charge in [-0.1, -0.05) is 12.1 Å². The average Bonchev–Trinajstić information content (AvgIpc) is 2.95. The molecule has 1 aromatic carbocycles. The molecule has 0 bridgehead atoms. The maximum absolute atomic E-state index is 13.7. The van der Waals surface area contributed by atoms with Gasteiger partial charge in [-0.25, -0.2) is 19.0 Å². The minimum absolute atomic E-state index is 0.338. The number of aldehydes is 1. The molecule has 0 aliphatic carbocycles. The molecule has 0 saturated heterocycles. The van der Waals surface area contributed by atoms with Gasteiger partial charge in [-0.2, -0.15) is 5.10 Å². The predicted molar refractivity (Wildman–Crippen MR) is 74.7 cm³/mol. The number of halogens is 1. The van der Waals surface area contributed by atoms with Gasteiger partial charge >= 0.3 is 0 Å². The Balaban J connectivity index is 2.12. The molecule has 21 heavy (non-hydrogen) atoms. The van der Waals surface area contributed by atoms with Gasteiger partial charge in [0.25, 0.3) is 0 Å². The summed E-state index contributed by atoms with van der Waals surface area (Å²) >= 11 is 0. The topological polar surface area (TPSA) is 60.7 Å². The molecule has 5 nitrogen and oxygen atoms in total. The number of benzene rings is 1. The fraction of sp³-hybridized carbons (Fsp3) is 0.0667. The average molecular weight is 282 g/mol. The van der Waals surface area contributed by atoms with Gasteiger partial charge < -0.3 is 0 Å². The largest absolute Gasteiger partial charge is 0.298 e. The van der Waals surface area contributed by atoms with Crippen molar-refractivity contribution in [3.8, 4) is 17.2 Å². The van der Waals surface area contributed by atoms with Gasteiger partial charge in [0.2, 0.25) is 5.95 Å². The molecule has 0 N–H and O–H groups in total. The van der Waals surface area contributed by atoms with Crippen molar-refractivity contribution in [3.05, 3.63) is 59.8 Å². The van der Waals surface area contributed by atoms with E-state index in [1.165, 1.54) is 16.9 Å². The van der Waals surface area contributed by atoms with E-state index in [0.717, 1.165) is 0 Å². The van der Waals surface area contributed by atoms with Crippen LogP contribution in [0.4, 0.5) is 4.39 Å². The van der Waals surface area contributed by atoms with E-state index in [9.17, 15) is 9.18 Å². The van der Waals surface area contributed by atoms with Crippen LogP contribution >= 0.6 is 0 Å². The third kappa shape index (κ3) is 2.43. The van der Waals surface area contributed by atoms with E-state index in [1.807, 2.05) is 0 Å². The zero-order valence-electron chi connectivity index (χ0n) is 11.2. The van der Waals surface area contributed by atoms with Crippen LogP contribution in [0, 0.1) is 12.7 Å². The smallest absolute Gasteiger partial charge is 0.250 e. The summed E-state index contributed by atoms with van der Waals surface area (Å²) in [7, 11) is 0. The molecule has 6 heteroatoms. The first-order valence-corrected chi connectivity index (χ1v) is 6.28. The number of carbonyl (C=O) groups is 1. The lowest BCUT2D eigenvalue weighted by Gasteiger charge is -2.01. The molecule has 3 rings (SSSR count). The fourth-order valence-electron chi connectivity index (χ4n) is 1.95. The van der Waals surface area contributed by atoms with Crippen LogP contribution in [0.2, 0.25) is 0 Å². The second-order valence-corrected chi connectivity index (χ2v) is 4.51. The number of rotatable bonds is 3. The molecule has 0 fully saturated rings. The Morgan fingerprint density at radius 1 is 1.24 bits per heavy atom. The number of carbonyl (C=O) groups excluding carboxylic acids is 1.